The van der Waals surface area contributed by atoms with Crippen LogP contribution in [0.4, 0.5) is 0 Å². The van der Waals surface area contributed by atoms with Gasteiger partial charge in [-0.1, -0.05) is 41.6 Å². The zero-order valence-corrected chi connectivity index (χ0v) is 23.8. The van der Waals surface area contributed by atoms with Gasteiger partial charge in [0.1, 0.15) is 23.4 Å². The van der Waals surface area contributed by atoms with Crippen molar-refractivity contribution in [3.8, 4) is 22.9 Å². The molecule has 0 amide bonds. The van der Waals surface area contributed by atoms with Crippen LogP contribution in [0.15, 0.2) is 70.3 Å². The molecule has 0 spiro atoms. The Kier molecular flexibility index (Phi) is 8.90. The average molecular weight is 600 g/mol. The maximum Gasteiger partial charge on any atom is 0.220 e. The minimum atomic E-state index is -0.568. The number of thioether (sulfide) groups is 1. The van der Waals surface area contributed by atoms with Crippen LogP contribution in [-0.4, -0.2) is 40.5 Å². The Hall–Kier alpha value is -3.57. The van der Waals surface area contributed by atoms with Gasteiger partial charge in [0.15, 0.2) is 16.7 Å². The first-order valence-electron chi connectivity index (χ1n) is 11.7. The monoisotopic (exact) mass is 598 g/mol. The second-order valence-electron chi connectivity index (χ2n) is 8.49. The second-order valence-corrected chi connectivity index (χ2v) is 10.5. The van der Waals surface area contributed by atoms with Crippen LogP contribution >= 0.6 is 27.7 Å². The smallest absolute Gasteiger partial charge is 0.220 e. The third kappa shape index (κ3) is 6.46. The predicted octanol–water partition coefficient (Wildman–Crippen LogP) is 6.35. The number of ether oxygens (including phenoxy) is 3. The summed E-state index contributed by atoms with van der Waals surface area (Å²) in [5, 5.41) is 20.2. The van der Waals surface area contributed by atoms with E-state index in [2.05, 4.69) is 26.1 Å². The van der Waals surface area contributed by atoms with Crippen LogP contribution < -0.4 is 14.2 Å². The van der Waals surface area contributed by atoms with Gasteiger partial charge in [-0.3, -0.25) is 14.7 Å². The summed E-state index contributed by atoms with van der Waals surface area (Å²) in [4.78, 5) is 11.3. The van der Waals surface area contributed by atoms with Crippen molar-refractivity contribution in [2.75, 3.05) is 20.8 Å². The van der Waals surface area contributed by atoms with Gasteiger partial charge in [-0.15, -0.1) is 10.2 Å². The van der Waals surface area contributed by atoms with Crippen molar-refractivity contribution in [3.05, 3.63) is 97.8 Å². The van der Waals surface area contributed by atoms with E-state index in [9.17, 15) is 10.1 Å². The van der Waals surface area contributed by atoms with Crippen molar-refractivity contribution in [2.24, 2.45) is 0 Å². The van der Waals surface area contributed by atoms with Gasteiger partial charge < -0.3 is 14.2 Å². The fourth-order valence-corrected chi connectivity index (χ4v) is 5.55. The van der Waals surface area contributed by atoms with Crippen LogP contribution in [-0.2, 0) is 6.61 Å². The molecule has 0 fully saturated rings. The summed E-state index contributed by atoms with van der Waals surface area (Å²) < 4.78 is 19.4. The molecule has 198 valence electrons. The molecule has 0 saturated carbocycles. The summed E-state index contributed by atoms with van der Waals surface area (Å²) in [5.41, 5.74) is 3.71. The Morgan fingerprint density at radius 3 is 2.37 bits per heavy atom. The number of hydrogen-bond donors (Lipinski definition) is 0. The molecule has 0 aliphatic heterocycles. The molecule has 0 aliphatic carbocycles. The minimum Gasteiger partial charge on any atom is -0.497 e. The van der Waals surface area contributed by atoms with E-state index in [1.807, 2.05) is 73.0 Å². The standard InChI is InChI=1S/C27H27BrN4O5S/c1-17-5-7-19(8-6-17)16-37-26-23(28)13-20(14-24(26)36-4)25(15-31(33)34)38-27-30-29-18(2)32(27)21-9-11-22(35-3)12-10-21/h5-14,25H,15-16H2,1-4H3/t25-/m0/s1. The molecule has 0 N–H and O–H groups in total. The van der Waals surface area contributed by atoms with E-state index in [1.54, 1.807) is 20.3 Å². The van der Waals surface area contributed by atoms with Crippen molar-refractivity contribution in [1.29, 1.82) is 0 Å². The molecular weight excluding hydrogens is 572 g/mol. The normalized spacial score (nSPS) is 11.7. The molecule has 1 atom stereocenters. The molecule has 0 saturated heterocycles. The molecule has 0 aliphatic rings. The number of nitrogens with zero attached hydrogens (tertiary/aromatic N) is 4. The lowest BCUT2D eigenvalue weighted by Crippen LogP contribution is -2.12. The first-order valence-corrected chi connectivity index (χ1v) is 13.4. The lowest BCUT2D eigenvalue weighted by molar-refractivity contribution is -0.479. The van der Waals surface area contributed by atoms with Gasteiger partial charge >= 0.3 is 0 Å². The van der Waals surface area contributed by atoms with E-state index >= 15 is 0 Å². The van der Waals surface area contributed by atoms with Crippen LogP contribution in [0.1, 0.15) is 27.8 Å². The molecule has 38 heavy (non-hydrogen) atoms. The molecule has 0 radical (unpaired) electrons. The zero-order valence-electron chi connectivity index (χ0n) is 21.4. The van der Waals surface area contributed by atoms with Crippen LogP contribution in [0.5, 0.6) is 17.2 Å². The van der Waals surface area contributed by atoms with Gasteiger partial charge in [0.2, 0.25) is 6.54 Å². The fourth-order valence-electron chi connectivity index (χ4n) is 3.83. The SMILES string of the molecule is COc1ccc(-n2c(C)nnc2S[C@@H](C[N+](=O)[O-])c2cc(Br)c(OCc3ccc(C)cc3)c(OC)c2)cc1. The maximum absolute atomic E-state index is 11.7. The fraction of sp³-hybridized carbons (Fsp3) is 0.259. The number of benzene rings is 3. The van der Waals surface area contributed by atoms with Crippen LogP contribution in [0.3, 0.4) is 0 Å². The molecule has 0 unspecified atom stereocenters. The molecular formula is C27H27BrN4O5S. The topological polar surface area (TPSA) is 102 Å². The van der Waals surface area contributed by atoms with Crippen molar-refractivity contribution in [1.82, 2.24) is 14.8 Å². The summed E-state index contributed by atoms with van der Waals surface area (Å²) in [6, 6.07) is 19.1. The molecule has 11 heteroatoms. The van der Waals surface area contributed by atoms with Crippen LogP contribution in [0.25, 0.3) is 5.69 Å². The van der Waals surface area contributed by atoms with E-state index in [1.165, 1.54) is 17.3 Å². The first-order chi connectivity index (χ1) is 18.3. The summed E-state index contributed by atoms with van der Waals surface area (Å²) in [7, 11) is 3.15. The van der Waals surface area contributed by atoms with Gasteiger partial charge in [0.25, 0.3) is 0 Å². The molecule has 4 rings (SSSR count). The second kappa shape index (κ2) is 12.3. The Bertz CT molecular complexity index is 1410. The van der Waals surface area contributed by atoms with Gasteiger partial charge in [-0.05, 0) is 77.3 Å². The summed E-state index contributed by atoms with van der Waals surface area (Å²) in [6.45, 7) is 3.90. The lowest BCUT2D eigenvalue weighted by Gasteiger charge is -2.18. The highest BCUT2D eigenvalue weighted by atomic mass is 79.9. The molecule has 3 aromatic carbocycles. The third-order valence-electron chi connectivity index (χ3n) is 5.82. The van der Waals surface area contributed by atoms with E-state index in [-0.39, 0.29) is 11.5 Å². The number of nitro groups is 1. The molecule has 0 bridgehead atoms. The Balaban J connectivity index is 1.64. The molecule has 1 heterocycles. The average Bonchev–Trinajstić information content (AvgIpc) is 3.27. The highest BCUT2D eigenvalue weighted by Crippen LogP contribution is 2.43. The number of aryl methyl sites for hydroxylation is 2. The number of halogens is 1. The molecule has 1 aromatic heterocycles. The Morgan fingerprint density at radius 1 is 1.03 bits per heavy atom. The van der Waals surface area contributed by atoms with Crippen molar-refractivity contribution < 1.29 is 19.1 Å². The van der Waals surface area contributed by atoms with Crippen molar-refractivity contribution in [3.63, 3.8) is 0 Å². The molecule has 4 aromatic rings. The lowest BCUT2D eigenvalue weighted by atomic mass is 10.1. The number of methoxy groups -OCH3 is 2. The largest absolute Gasteiger partial charge is 0.497 e. The van der Waals surface area contributed by atoms with Crippen LogP contribution in [0, 0.1) is 24.0 Å². The van der Waals surface area contributed by atoms with Crippen LogP contribution in [0.2, 0.25) is 0 Å². The van der Waals surface area contributed by atoms with Gasteiger partial charge in [-0.25, -0.2) is 0 Å². The van der Waals surface area contributed by atoms with Crippen molar-refractivity contribution >= 4 is 27.7 Å². The number of aromatic nitrogens is 3. The zero-order chi connectivity index (χ0) is 27.2. The van der Waals surface area contributed by atoms with Gasteiger partial charge in [0.05, 0.1) is 18.7 Å². The Labute approximate surface area is 233 Å². The van der Waals surface area contributed by atoms with Gasteiger partial charge in [-0.2, -0.15) is 0 Å². The molecule has 9 nitrogen and oxygen atoms in total. The van der Waals surface area contributed by atoms with E-state index in [4.69, 9.17) is 14.2 Å². The predicted molar refractivity (Wildman–Crippen MR) is 149 cm³/mol. The first kappa shape index (κ1) is 27.5. The third-order valence-corrected chi connectivity index (χ3v) is 7.59. The quantitative estimate of drug-likeness (QED) is 0.112. The highest BCUT2D eigenvalue weighted by molar-refractivity contribution is 9.10. The van der Waals surface area contributed by atoms with Crippen molar-refractivity contribution in [2.45, 2.75) is 30.9 Å². The van der Waals surface area contributed by atoms with E-state index < -0.39 is 5.25 Å². The van der Waals surface area contributed by atoms with Gasteiger partial charge in [0, 0.05) is 10.6 Å². The van der Waals surface area contributed by atoms with E-state index in [0.29, 0.717) is 39.1 Å². The number of rotatable bonds is 11. The Morgan fingerprint density at radius 2 is 1.74 bits per heavy atom. The number of hydrogen-bond acceptors (Lipinski definition) is 8. The maximum atomic E-state index is 11.7. The minimum absolute atomic E-state index is 0.321. The summed E-state index contributed by atoms with van der Waals surface area (Å²) in [5.74, 6) is 2.39. The van der Waals surface area contributed by atoms with E-state index in [0.717, 1.165) is 17.0 Å². The summed E-state index contributed by atoms with van der Waals surface area (Å²) >= 11 is 4.85. The highest BCUT2D eigenvalue weighted by Gasteiger charge is 2.26. The summed E-state index contributed by atoms with van der Waals surface area (Å²) in [6.07, 6.45) is 0.